The van der Waals surface area contributed by atoms with Gasteiger partial charge in [-0.25, -0.2) is 8.78 Å². The van der Waals surface area contributed by atoms with Crippen molar-refractivity contribution in [1.29, 1.82) is 0 Å². The van der Waals surface area contributed by atoms with Crippen LogP contribution in [0.2, 0.25) is 0 Å². The van der Waals surface area contributed by atoms with Crippen molar-refractivity contribution < 1.29 is 18.7 Å². The lowest BCUT2D eigenvalue weighted by Gasteiger charge is -2.31. The van der Waals surface area contributed by atoms with Crippen LogP contribution in [0.25, 0.3) is 0 Å². The maximum Gasteiger partial charge on any atom is 0.227 e. The summed E-state index contributed by atoms with van der Waals surface area (Å²) in [7, 11) is 0. The molecule has 0 unspecified atom stereocenters. The molecule has 2 atom stereocenters. The fourth-order valence-electron chi connectivity index (χ4n) is 2.90. The Morgan fingerprint density at radius 3 is 2.67 bits per heavy atom. The first-order valence-electron chi connectivity index (χ1n) is 7.18. The first-order chi connectivity index (χ1) is 9.74. The molecule has 1 amide bonds. The van der Waals surface area contributed by atoms with E-state index in [1.54, 1.807) is 4.90 Å². The van der Waals surface area contributed by atoms with Crippen LogP contribution in [0, 0.1) is 23.5 Å². The number of carbonyl (C=O) groups excluding carboxylic acids is 1. The van der Waals surface area contributed by atoms with Crippen LogP contribution in [0.15, 0.2) is 18.2 Å². The third-order valence-electron chi connectivity index (χ3n) is 4.50. The highest BCUT2D eigenvalue weighted by Crippen LogP contribution is 2.34. The Morgan fingerprint density at radius 2 is 2.14 bits per heavy atom. The van der Waals surface area contributed by atoms with E-state index in [-0.39, 0.29) is 36.3 Å². The number of β-amino-alcohol motifs (C(OH)–C–C–N with tert-alkyl or cyclic N) is 1. The van der Waals surface area contributed by atoms with Gasteiger partial charge in [0.1, 0.15) is 11.6 Å². The van der Waals surface area contributed by atoms with E-state index in [4.69, 9.17) is 0 Å². The van der Waals surface area contributed by atoms with Gasteiger partial charge in [-0.3, -0.25) is 4.79 Å². The molecule has 0 spiro atoms. The summed E-state index contributed by atoms with van der Waals surface area (Å²) in [5.74, 6) is -1.61. The second-order valence-electron chi connectivity index (χ2n) is 6.23. The van der Waals surface area contributed by atoms with Gasteiger partial charge in [0, 0.05) is 25.1 Å². The van der Waals surface area contributed by atoms with Crippen LogP contribution in [0.4, 0.5) is 8.78 Å². The maximum atomic E-state index is 13.6. The first kappa shape index (κ1) is 15.9. The van der Waals surface area contributed by atoms with E-state index in [1.165, 1.54) is 6.07 Å². The van der Waals surface area contributed by atoms with Crippen molar-refractivity contribution in [2.75, 3.05) is 13.1 Å². The Labute approximate surface area is 123 Å². The molecule has 1 aliphatic heterocycles. The molecule has 0 aromatic heterocycles. The van der Waals surface area contributed by atoms with Crippen molar-refractivity contribution in [2.24, 2.45) is 11.8 Å². The van der Waals surface area contributed by atoms with Crippen molar-refractivity contribution in [3.8, 4) is 0 Å². The average molecular weight is 297 g/mol. The molecule has 0 radical (unpaired) electrons. The van der Waals surface area contributed by atoms with E-state index in [0.717, 1.165) is 12.1 Å². The minimum atomic E-state index is -0.906. The molecule has 2 rings (SSSR count). The lowest BCUT2D eigenvalue weighted by Crippen LogP contribution is -2.43. The van der Waals surface area contributed by atoms with Crippen LogP contribution in [0.3, 0.4) is 0 Å². The van der Waals surface area contributed by atoms with Gasteiger partial charge in [0.05, 0.1) is 12.0 Å². The molecule has 1 aliphatic rings. The molecule has 1 saturated heterocycles. The van der Waals surface area contributed by atoms with Crippen molar-refractivity contribution in [1.82, 2.24) is 4.90 Å². The molecule has 0 saturated carbocycles. The minimum Gasteiger partial charge on any atom is -0.387 e. The normalized spacial score (nSPS) is 25.7. The van der Waals surface area contributed by atoms with Crippen LogP contribution >= 0.6 is 0 Å². The van der Waals surface area contributed by atoms with Crippen LogP contribution < -0.4 is 0 Å². The monoisotopic (exact) mass is 297 g/mol. The topological polar surface area (TPSA) is 40.5 Å². The third kappa shape index (κ3) is 3.07. The quantitative estimate of drug-likeness (QED) is 0.930. The summed E-state index contributed by atoms with van der Waals surface area (Å²) < 4.78 is 26.5. The van der Waals surface area contributed by atoms with Gasteiger partial charge in [-0.05, 0) is 17.5 Å². The van der Waals surface area contributed by atoms with E-state index in [9.17, 15) is 18.7 Å². The molecule has 21 heavy (non-hydrogen) atoms. The molecule has 3 nitrogen and oxygen atoms in total. The smallest absolute Gasteiger partial charge is 0.227 e. The summed E-state index contributed by atoms with van der Waals surface area (Å²) in [6.07, 6.45) is -0.118. The molecule has 116 valence electrons. The Morgan fingerprint density at radius 1 is 1.48 bits per heavy atom. The van der Waals surface area contributed by atoms with Crippen molar-refractivity contribution in [3.05, 3.63) is 35.4 Å². The summed E-state index contributed by atoms with van der Waals surface area (Å²) in [6, 6.07) is 3.21. The number of hydrogen-bond acceptors (Lipinski definition) is 2. The predicted octanol–water partition coefficient (Wildman–Crippen LogP) is 2.37. The largest absolute Gasteiger partial charge is 0.387 e. The van der Waals surface area contributed by atoms with Gasteiger partial charge in [0.2, 0.25) is 5.91 Å². The van der Waals surface area contributed by atoms with Crippen molar-refractivity contribution in [3.63, 3.8) is 0 Å². The number of carbonyl (C=O) groups is 1. The second kappa shape index (κ2) is 5.72. The SMILES string of the molecule is CC(C)[C@]1(O)CN(C(=O)Cc2ccc(F)cc2F)C[C@H]1C. The van der Waals surface area contributed by atoms with Crippen LogP contribution in [-0.4, -0.2) is 34.6 Å². The number of hydrogen-bond donors (Lipinski definition) is 1. The van der Waals surface area contributed by atoms with Gasteiger partial charge in [0.25, 0.3) is 0 Å². The van der Waals surface area contributed by atoms with Crippen LogP contribution in [0.1, 0.15) is 26.3 Å². The summed E-state index contributed by atoms with van der Waals surface area (Å²) >= 11 is 0. The lowest BCUT2D eigenvalue weighted by molar-refractivity contribution is -0.130. The summed E-state index contributed by atoms with van der Waals surface area (Å²) in [6.45, 7) is 6.46. The highest BCUT2D eigenvalue weighted by molar-refractivity contribution is 5.79. The van der Waals surface area contributed by atoms with Crippen LogP contribution in [0.5, 0.6) is 0 Å². The molecule has 0 aliphatic carbocycles. The van der Waals surface area contributed by atoms with Crippen molar-refractivity contribution >= 4 is 5.91 Å². The van der Waals surface area contributed by atoms with Gasteiger partial charge >= 0.3 is 0 Å². The fraction of sp³-hybridized carbons (Fsp3) is 0.562. The molecule has 1 aromatic carbocycles. The zero-order valence-corrected chi connectivity index (χ0v) is 12.6. The molecule has 1 heterocycles. The number of likely N-dealkylation sites (tertiary alicyclic amines) is 1. The Bertz CT molecular complexity index is 547. The van der Waals surface area contributed by atoms with E-state index in [2.05, 4.69) is 0 Å². The molecule has 1 aromatic rings. The van der Waals surface area contributed by atoms with E-state index >= 15 is 0 Å². The highest BCUT2D eigenvalue weighted by Gasteiger charge is 2.46. The number of amides is 1. The van der Waals surface area contributed by atoms with E-state index in [1.807, 2.05) is 20.8 Å². The average Bonchev–Trinajstić information content (AvgIpc) is 2.70. The third-order valence-corrected chi connectivity index (χ3v) is 4.50. The molecular weight excluding hydrogens is 276 g/mol. The zero-order chi connectivity index (χ0) is 15.8. The van der Waals surface area contributed by atoms with E-state index < -0.39 is 17.2 Å². The number of benzene rings is 1. The number of halogens is 2. The zero-order valence-electron chi connectivity index (χ0n) is 12.6. The summed E-state index contributed by atoms with van der Waals surface area (Å²) in [5, 5.41) is 10.6. The molecule has 1 fully saturated rings. The lowest BCUT2D eigenvalue weighted by atomic mass is 9.82. The van der Waals surface area contributed by atoms with Crippen molar-refractivity contribution in [2.45, 2.75) is 32.8 Å². The molecule has 1 N–H and O–H groups in total. The fourth-order valence-corrected chi connectivity index (χ4v) is 2.90. The van der Waals surface area contributed by atoms with Gasteiger partial charge in [-0.2, -0.15) is 0 Å². The molecule has 0 bridgehead atoms. The maximum absolute atomic E-state index is 13.6. The van der Waals surface area contributed by atoms with Gasteiger partial charge < -0.3 is 10.0 Å². The van der Waals surface area contributed by atoms with Gasteiger partial charge in [-0.1, -0.05) is 26.8 Å². The Balaban J connectivity index is 2.08. The van der Waals surface area contributed by atoms with Gasteiger partial charge in [-0.15, -0.1) is 0 Å². The Hall–Kier alpha value is -1.49. The summed E-state index contributed by atoms with van der Waals surface area (Å²) in [4.78, 5) is 13.8. The second-order valence-corrected chi connectivity index (χ2v) is 6.23. The predicted molar refractivity (Wildman–Crippen MR) is 75.6 cm³/mol. The standard InChI is InChI=1S/C16H21F2NO2/c1-10(2)16(21)9-19(8-11(16)3)15(20)6-12-4-5-13(17)7-14(12)18/h4-5,7,10-11,21H,6,8-9H2,1-3H3/t11-,16-/m1/s1. The van der Waals surface area contributed by atoms with Gasteiger partial charge in [0.15, 0.2) is 0 Å². The van der Waals surface area contributed by atoms with E-state index in [0.29, 0.717) is 6.54 Å². The summed E-state index contributed by atoms with van der Waals surface area (Å²) in [5.41, 5.74) is -0.731. The molecule has 5 heteroatoms. The Kier molecular flexibility index (Phi) is 4.33. The first-order valence-corrected chi connectivity index (χ1v) is 7.18. The number of rotatable bonds is 3. The molecular formula is C16H21F2NO2. The number of nitrogens with zero attached hydrogens (tertiary/aromatic N) is 1. The minimum absolute atomic E-state index is 0.0282. The highest BCUT2D eigenvalue weighted by atomic mass is 19.1. The van der Waals surface area contributed by atoms with Crippen LogP contribution in [-0.2, 0) is 11.2 Å². The number of aliphatic hydroxyl groups is 1.